The van der Waals surface area contributed by atoms with Gasteiger partial charge in [-0.05, 0) is 91.3 Å². The van der Waals surface area contributed by atoms with Gasteiger partial charge < -0.3 is 15.7 Å². The largest absolute Gasteiger partial charge is 0.480 e. The molecule has 4 aromatic rings. The lowest BCUT2D eigenvalue weighted by atomic mass is 9.81. The van der Waals surface area contributed by atoms with Crippen molar-refractivity contribution in [2.45, 2.75) is 88.1 Å². The number of rotatable bonds is 10. The SMILES string of the molecule is O=C(Cc1cc(C2CC2)c(-n2cc(CNC(=O)c3ccc4cc(F)ccc4n3)nn2)c(C2CC2)c1)NC1(C(=O)O)CCCCC1. The third-order valence-corrected chi connectivity index (χ3v) is 9.21. The minimum Gasteiger partial charge on any atom is -0.480 e. The van der Waals surface area contributed by atoms with Crippen LogP contribution in [-0.2, 0) is 22.6 Å². The number of pyridine rings is 1. The van der Waals surface area contributed by atoms with E-state index in [9.17, 15) is 23.9 Å². The van der Waals surface area contributed by atoms with E-state index < -0.39 is 11.5 Å². The Bertz CT molecular complexity index is 1770. The smallest absolute Gasteiger partial charge is 0.329 e. The maximum absolute atomic E-state index is 13.5. The van der Waals surface area contributed by atoms with Crippen LogP contribution in [0.15, 0.2) is 48.7 Å². The summed E-state index contributed by atoms with van der Waals surface area (Å²) in [5.74, 6) is -1.21. The van der Waals surface area contributed by atoms with E-state index in [4.69, 9.17) is 0 Å². The van der Waals surface area contributed by atoms with Crippen LogP contribution in [0.2, 0.25) is 0 Å². The molecule has 0 unspecified atom stereocenters. The molecule has 10 nitrogen and oxygen atoms in total. The van der Waals surface area contributed by atoms with Gasteiger partial charge in [-0.25, -0.2) is 18.9 Å². The van der Waals surface area contributed by atoms with E-state index in [-0.39, 0.29) is 36.3 Å². The first kappa shape index (κ1) is 29.1. The fraction of sp³-hybridized carbons (Fsp3) is 0.412. The molecule has 45 heavy (non-hydrogen) atoms. The van der Waals surface area contributed by atoms with Gasteiger partial charge in [0.15, 0.2) is 0 Å². The fourth-order valence-electron chi connectivity index (χ4n) is 6.54. The number of carbonyl (C=O) groups is 3. The number of fused-ring (bicyclic) bond motifs is 1. The van der Waals surface area contributed by atoms with E-state index in [1.165, 1.54) is 12.1 Å². The Balaban J connectivity index is 1.09. The monoisotopic (exact) mass is 610 g/mol. The van der Waals surface area contributed by atoms with Crippen LogP contribution in [-0.4, -0.2) is 48.4 Å². The van der Waals surface area contributed by atoms with Crippen molar-refractivity contribution < 1.29 is 23.9 Å². The van der Waals surface area contributed by atoms with E-state index >= 15 is 0 Å². The lowest BCUT2D eigenvalue weighted by molar-refractivity contribution is -0.149. The molecule has 2 aromatic heterocycles. The first-order valence-corrected chi connectivity index (χ1v) is 15.8. The molecule has 0 saturated heterocycles. The second-order valence-electron chi connectivity index (χ2n) is 12.7. The summed E-state index contributed by atoms with van der Waals surface area (Å²) in [6.45, 7) is 0.156. The average Bonchev–Trinajstić information content (AvgIpc) is 3.97. The highest BCUT2D eigenvalue weighted by molar-refractivity contribution is 5.94. The summed E-state index contributed by atoms with van der Waals surface area (Å²) in [5.41, 5.74) is 4.31. The molecule has 2 amide bonds. The maximum atomic E-state index is 13.5. The summed E-state index contributed by atoms with van der Waals surface area (Å²) >= 11 is 0. The van der Waals surface area contributed by atoms with Gasteiger partial charge in [0.1, 0.15) is 22.7 Å². The number of carboxylic acids is 1. The summed E-state index contributed by atoms with van der Waals surface area (Å²) in [6, 6.07) is 11.6. The molecular formula is C34H35FN6O4. The van der Waals surface area contributed by atoms with Crippen molar-refractivity contribution in [3.8, 4) is 5.69 Å². The Morgan fingerprint density at radius 3 is 2.33 bits per heavy atom. The normalized spacial score (nSPS) is 17.6. The zero-order chi connectivity index (χ0) is 31.1. The molecule has 232 valence electrons. The first-order valence-electron chi connectivity index (χ1n) is 15.8. The summed E-state index contributed by atoms with van der Waals surface area (Å²) in [5, 5.41) is 25.1. The second kappa shape index (κ2) is 11.7. The maximum Gasteiger partial charge on any atom is 0.329 e. The molecule has 0 aliphatic heterocycles. The molecule has 0 atom stereocenters. The molecule has 3 aliphatic rings. The van der Waals surface area contributed by atoms with Crippen LogP contribution in [0.25, 0.3) is 16.6 Å². The molecule has 3 fully saturated rings. The molecule has 3 aliphatic carbocycles. The standard InChI is InChI=1S/C34H35FN6O4/c35-24-9-11-28-23(17-24)8-10-29(37-28)32(43)36-18-25-19-41(40-39-25)31-26(21-4-5-21)14-20(15-27(31)22-6-7-22)16-30(42)38-34(33(44)45)12-2-1-3-13-34/h8-11,14-15,17,19,21-22H,1-7,12-13,16,18H2,(H,36,43)(H,38,42)(H,44,45). The molecule has 11 heteroatoms. The molecule has 2 aromatic carbocycles. The summed E-state index contributed by atoms with van der Waals surface area (Å²) in [7, 11) is 0. The van der Waals surface area contributed by atoms with Crippen molar-refractivity contribution in [1.82, 2.24) is 30.6 Å². The van der Waals surface area contributed by atoms with Crippen LogP contribution in [0.5, 0.6) is 0 Å². The van der Waals surface area contributed by atoms with Crippen LogP contribution in [0.1, 0.15) is 102 Å². The minimum atomic E-state index is -1.18. The van der Waals surface area contributed by atoms with Crippen molar-refractivity contribution in [2.75, 3.05) is 0 Å². The number of carboxylic acid groups (broad SMARTS) is 1. The third kappa shape index (κ3) is 6.16. The molecule has 2 heterocycles. The van der Waals surface area contributed by atoms with E-state index in [2.05, 4.69) is 38.1 Å². The van der Waals surface area contributed by atoms with Crippen molar-refractivity contribution >= 4 is 28.7 Å². The van der Waals surface area contributed by atoms with Gasteiger partial charge in [0.05, 0.1) is 30.4 Å². The number of halogens is 1. The van der Waals surface area contributed by atoms with Gasteiger partial charge in [-0.2, -0.15) is 0 Å². The average molecular weight is 611 g/mol. The third-order valence-electron chi connectivity index (χ3n) is 9.21. The summed E-state index contributed by atoms with van der Waals surface area (Å²) < 4.78 is 15.3. The van der Waals surface area contributed by atoms with Crippen molar-refractivity contribution in [1.29, 1.82) is 0 Å². The summed E-state index contributed by atoms with van der Waals surface area (Å²) in [4.78, 5) is 42.5. The number of benzene rings is 2. The van der Waals surface area contributed by atoms with Crippen LogP contribution < -0.4 is 10.6 Å². The van der Waals surface area contributed by atoms with E-state index in [0.717, 1.165) is 67.3 Å². The Morgan fingerprint density at radius 2 is 1.67 bits per heavy atom. The van der Waals surface area contributed by atoms with Gasteiger partial charge in [0, 0.05) is 5.39 Å². The lowest BCUT2D eigenvalue weighted by Crippen LogP contribution is -2.56. The van der Waals surface area contributed by atoms with Gasteiger partial charge in [-0.3, -0.25) is 9.59 Å². The molecular weight excluding hydrogens is 575 g/mol. The van der Waals surface area contributed by atoms with Crippen LogP contribution in [0, 0.1) is 5.82 Å². The number of amides is 2. The molecule has 3 saturated carbocycles. The second-order valence-corrected chi connectivity index (χ2v) is 12.7. The van der Waals surface area contributed by atoms with Gasteiger partial charge in [-0.1, -0.05) is 42.7 Å². The predicted octanol–water partition coefficient (Wildman–Crippen LogP) is 5.09. The summed E-state index contributed by atoms with van der Waals surface area (Å²) in [6.07, 6.45) is 9.67. The number of nitrogens with one attached hydrogen (secondary N) is 2. The highest BCUT2D eigenvalue weighted by Crippen LogP contribution is 2.49. The van der Waals surface area contributed by atoms with Gasteiger partial charge in [0.2, 0.25) is 5.91 Å². The molecule has 0 radical (unpaired) electrons. The fourth-order valence-corrected chi connectivity index (χ4v) is 6.54. The van der Waals surface area contributed by atoms with Crippen LogP contribution >= 0.6 is 0 Å². The quantitative estimate of drug-likeness (QED) is 0.227. The Hall–Kier alpha value is -4.67. The predicted molar refractivity (Wildman–Crippen MR) is 163 cm³/mol. The highest BCUT2D eigenvalue weighted by Gasteiger charge is 2.41. The topological polar surface area (TPSA) is 139 Å². The van der Waals surface area contributed by atoms with Crippen molar-refractivity contribution in [2.24, 2.45) is 0 Å². The van der Waals surface area contributed by atoms with Gasteiger partial charge >= 0.3 is 5.97 Å². The first-order chi connectivity index (χ1) is 21.8. The number of hydrogen-bond acceptors (Lipinski definition) is 6. The van der Waals surface area contributed by atoms with Crippen LogP contribution in [0.4, 0.5) is 4.39 Å². The number of aromatic nitrogens is 4. The molecule has 0 bridgehead atoms. The van der Waals surface area contributed by atoms with Crippen molar-refractivity contribution in [3.05, 3.63) is 82.6 Å². The van der Waals surface area contributed by atoms with Gasteiger partial charge in [0.25, 0.3) is 5.91 Å². The number of carbonyl (C=O) groups excluding carboxylic acids is 2. The number of hydrogen-bond donors (Lipinski definition) is 3. The van der Waals surface area contributed by atoms with Crippen molar-refractivity contribution in [3.63, 3.8) is 0 Å². The molecule has 7 rings (SSSR count). The Labute approximate surface area is 259 Å². The number of nitrogens with zero attached hydrogens (tertiary/aromatic N) is 4. The lowest BCUT2D eigenvalue weighted by Gasteiger charge is -2.34. The number of aliphatic carboxylic acids is 1. The minimum absolute atomic E-state index is 0.126. The zero-order valence-electron chi connectivity index (χ0n) is 24.9. The molecule has 0 spiro atoms. The Kier molecular flexibility index (Phi) is 7.55. The van der Waals surface area contributed by atoms with E-state index in [1.54, 1.807) is 22.9 Å². The Morgan fingerprint density at radius 1 is 0.956 bits per heavy atom. The molecule has 3 N–H and O–H groups in total. The zero-order valence-corrected chi connectivity index (χ0v) is 24.9. The van der Waals surface area contributed by atoms with Crippen LogP contribution in [0.3, 0.4) is 0 Å². The highest BCUT2D eigenvalue weighted by atomic mass is 19.1. The van der Waals surface area contributed by atoms with Gasteiger partial charge in [-0.15, -0.1) is 5.10 Å². The van der Waals surface area contributed by atoms with E-state index in [1.807, 2.05) is 6.20 Å². The van der Waals surface area contributed by atoms with E-state index in [0.29, 0.717) is 41.3 Å².